The molecule has 0 amide bonds. The number of rotatable bonds is 4. The second kappa shape index (κ2) is 5.48. The molecule has 3 atom stereocenters. The quantitative estimate of drug-likeness (QED) is 0.770. The minimum absolute atomic E-state index is 0.776. The van der Waals surface area contributed by atoms with Crippen molar-refractivity contribution in [2.45, 2.75) is 37.8 Å². The second-order valence-electron chi connectivity index (χ2n) is 5.75. The van der Waals surface area contributed by atoms with Crippen LogP contribution < -0.4 is 5.32 Å². The van der Waals surface area contributed by atoms with E-state index in [4.69, 9.17) is 0 Å². The lowest BCUT2D eigenvalue weighted by molar-refractivity contribution is 0.229. The number of hydrogen-bond donors (Lipinski definition) is 1. The van der Waals surface area contributed by atoms with E-state index < -0.39 is 0 Å². The normalized spacial score (nSPS) is 36.4. The lowest BCUT2D eigenvalue weighted by atomic mass is 10.0. The van der Waals surface area contributed by atoms with E-state index in [1.165, 1.54) is 45.3 Å². The topological polar surface area (TPSA) is 18.5 Å². The number of hydrogen-bond acceptors (Lipinski definition) is 3. The van der Waals surface area contributed by atoms with Crippen molar-refractivity contribution in [1.82, 2.24) is 15.1 Å². The van der Waals surface area contributed by atoms with Gasteiger partial charge in [-0.15, -0.1) is 0 Å². The van der Waals surface area contributed by atoms with Crippen LogP contribution in [0.4, 0.5) is 0 Å². The molecule has 0 spiro atoms. The van der Waals surface area contributed by atoms with Crippen LogP contribution in [0.1, 0.15) is 25.7 Å². The van der Waals surface area contributed by atoms with E-state index in [2.05, 4.69) is 36.3 Å². The van der Waals surface area contributed by atoms with Gasteiger partial charge in [-0.3, -0.25) is 0 Å². The molecule has 2 rings (SSSR count). The average molecular weight is 225 g/mol. The Labute approximate surface area is 100 Å². The van der Waals surface area contributed by atoms with E-state index >= 15 is 0 Å². The zero-order valence-corrected chi connectivity index (χ0v) is 11.1. The third-order valence-electron chi connectivity index (χ3n) is 4.50. The standard InChI is InChI=1S/C13H27N3/c1-14-13-6-4-5-11(13)9-16-8-7-12(10-16)15(2)3/h11-14H,4-10H2,1-3H3. The van der Waals surface area contributed by atoms with Gasteiger partial charge in [0.2, 0.25) is 0 Å². The summed E-state index contributed by atoms with van der Waals surface area (Å²) in [6.45, 7) is 3.89. The van der Waals surface area contributed by atoms with Crippen LogP contribution >= 0.6 is 0 Å². The molecule has 0 aromatic heterocycles. The number of nitrogens with zero attached hydrogens (tertiary/aromatic N) is 2. The van der Waals surface area contributed by atoms with Crippen molar-refractivity contribution < 1.29 is 0 Å². The van der Waals surface area contributed by atoms with Crippen molar-refractivity contribution in [2.24, 2.45) is 5.92 Å². The minimum atomic E-state index is 0.776. The molecular formula is C13H27N3. The number of likely N-dealkylation sites (tertiary alicyclic amines) is 1. The van der Waals surface area contributed by atoms with Gasteiger partial charge in [0, 0.05) is 25.2 Å². The van der Waals surface area contributed by atoms with Gasteiger partial charge in [-0.05, 0) is 52.9 Å². The van der Waals surface area contributed by atoms with Gasteiger partial charge in [-0.25, -0.2) is 0 Å². The molecule has 3 heteroatoms. The molecule has 94 valence electrons. The van der Waals surface area contributed by atoms with Gasteiger partial charge < -0.3 is 15.1 Å². The summed E-state index contributed by atoms with van der Waals surface area (Å²) in [4.78, 5) is 5.05. The Bertz CT molecular complexity index is 217. The number of likely N-dealkylation sites (N-methyl/N-ethyl adjacent to an activating group) is 1. The van der Waals surface area contributed by atoms with E-state index in [0.717, 1.165) is 18.0 Å². The Morgan fingerprint density at radius 2 is 2.06 bits per heavy atom. The third kappa shape index (κ3) is 2.76. The molecule has 1 saturated carbocycles. The monoisotopic (exact) mass is 225 g/mol. The fraction of sp³-hybridized carbons (Fsp3) is 1.00. The largest absolute Gasteiger partial charge is 0.317 e. The van der Waals surface area contributed by atoms with Gasteiger partial charge in [0.1, 0.15) is 0 Å². The first-order valence-corrected chi connectivity index (χ1v) is 6.76. The summed E-state index contributed by atoms with van der Waals surface area (Å²) in [5.74, 6) is 0.894. The van der Waals surface area contributed by atoms with E-state index in [1.54, 1.807) is 0 Å². The maximum Gasteiger partial charge on any atom is 0.0229 e. The Hall–Kier alpha value is -0.120. The second-order valence-corrected chi connectivity index (χ2v) is 5.75. The first kappa shape index (κ1) is 12.3. The van der Waals surface area contributed by atoms with Crippen LogP contribution in [0.15, 0.2) is 0 Å². The molecule has 16 heavy (non-hydrogen) atoms. The van der Waals surface area contributed by atoms with Gasteiger partial charge in [-0.2, -0.15) is 0 Å². The van der Waals surface area contributed by atoms with Crippen molar-refractivity contribution >= 4 is 0 Å². The van der Waals surface area contributed by atoms with Gasteiger partial charge >= 0.3 is 0 Å². The molecule has 3 unspecified atom stereocenters. The van der Waals surface area contributed by atoms with Crippen LogP contribution in [-0.4, -0.2) is 62.7 Å². The number of nitrogens with one attached hydrogen (secondary N) is 1. The van der Waals surface area contributed by atoms with Gasteiger partial charge in [-0.1, -0.05) is 6.42 Å². The van der Waals surface area contributed by atoms with Crippen LogP contribution in [0.3, 0.4) is 0 Å². The molecule has 1 aliphatic heterocycles. The molecule has 2 aliphatic rings. The molecule has 1 aliphatic carbocycles. The SMILES string of the molecule is CNC1CCCC1CN1CCC(N(C)C)C1. The van der Waals surface area contributed by atoms with Crippen molar-refractivity contribution in [1.29, 1.82) is 0 Å². The molecule has 1 saturated heterocycles. The first-order valence-electron chi connectivity index (χ1n) is 6.76. The summed E-state index contributed by atoms with van der Waals surface area (Å²) >= 11 is 0. The van der Waals surface area contributed by atoms with Crippen LogP contribution in [0, 0.1) is 5.92 Å². The van der Waals surface area contributed by atoms with Gasteiger partial charge in [0.05, 0.1) is 0 Å². The molecule has 0 radical (unpaired) electrons. The maximum absolute atomic E-state index is 3.48. The molecule has 0 aromatic carbocycles. The van der Waals surface area contributed by atoms with Crippen molar-refractivity contribution in [2.75, 3.05) is 40.8 Å². The van der Waals surface area contributed by atoms with E-state index in [9.17, 15) is 0 Å². The van der Waals surface area contributed by atoms with E-state index in [0.29, 0.717) is 0 Å². The zero-order chi connectivity index (χ0) is 11.5. The average Bonchev–Trinajstić information content (AvgIpc) is 2.87. The molecule has 0 bridgehead atoms. The summed E-state index contributed by atoms with van der Waals surface area (Å²) in [5.41, 5.74) is 0. The van der Waals surface area contributed by atoms with Crippen molar-refractivity contribution in [3.05, 3.63) is 0 Å². The Kier molecular flexibility index (Phi) is 4.22. The van der Waals surface area contributed by atoms with Crippen LogP contribution in [0.25, 0.3) is 0 Å². The van der Waals surface area contributed by atoms with Gasteiger partial charge in [0.15, 0.2) is 0 Å². The molecule has 3 nitrogen and oxygen atoms in total. The van der Waals surface area contributed by atoms with Crippen molar-refractivity contribution in [3.63, 3.8) is 0 Å². The highest BCUT2D eigenvalue weighted by Crippen LogP contribution is 2.27. The first-order chi connectivity index (χ1) is 7.70. The summed E-state index contributed by atoms with van der Waals surface area (Å²) < 4.78 is 0. The highest BCUT2D eigenvalue weighted by Gasteiger charge is 2.31. The molecular weight excluding hydrogens is 198 g/mol. The van der Waals surface area contributed by atoms with Crippen LogP contribution in [0.2, 0.25) is 0 Å². The Morgan fingerprint density at radius 3 is 2.69 bits per heavy atom. The molecule has 1 N–H and O–H groups in total. The summed E-state index contributed by atoms with van der Waals surface area (Å²) in [6.07, 6.45) is 5.58. The highest BCUT2D eigenvalue weighted by molar-refractivity contribution is 4.88. The Morgan fingerprint density at radius 1 is 1.25 bits per heavy atom. The van der Waals surface area contributed by atoms with Crippen molar-refractivity contribution in [3.8, 4) is 0 Å². The summed E-state index contributed by atoms with van der Waals surface area (Å²) in [6, 6.07) is 1.56. The fourth-order valence-electron chi connectivity index (χ4n) is 3.37. The molecule has 1 heterocycles. The predicted molar refractivity (Wildman–Crippen MR) is 68.7 cm³/mol. The van der Waals surface area contributed by atoms with Crippen LogP contribution in [0.5, 0.6) is 0 Å². The summed E-state index contributed by atoms with van der Waals surface area (Å²) in [5, 5.41) is 3.48. The predicted octanol–water partition coefficient (Wildman–Crippen LogP) is 1.01. The van der Waals surface area contributed by atoms with E-state index in [-0.39, 0.29) is 0 Å². The maximum atomic E-state index is 3.48. The van der Waals surface area contributed by atoms with Crippen LogP contribution in [-0.2, 0) is 0 Å². The van der Waals surface area contributed by atoms with E-state index in [1.807, 2.05) is 0 Å². The highest BCUT2D eigenvalue weighted by atomic mass is 15.2. The smallest absolute Gasteiger partial charge is 0.0229 e. The fourth-order valence-corrected chi connectivity index (χ4v) is 3.37. The summed E-state index contributed by atoms with van der Waals surface area (Å²) in [7, 11) is 6.54. The Balaban J connectivity index is 1.78. The van der Waals surface area contributed by atoms with Gasteiger partial charge in [0.25, 0.3) is 0 Å². The lowest BCUT2D eigenvalue weighted by Gasteiger charge is -2.26. The zero-order valence-electron chi connectivity index (χ0n) is 11.1. The third-order valence-corrected chi connectivity index (χ3v) is 4.50. The molecule has 2 fully saturated rings. The lowest BCUT2D eigenvalue weighted by Crippen LogP contribution is -2.38. The molecule has 0 aromatic rings. The minimum Gasteiger partial charge on any atom is -0.317 e.